The van der Waals surface area contributed by atoms with Gasteiger partial charge >= 0.3 is 11.8 Å². The maximum Gasteiger partial charge on any atom is 0.419 e. The Kier molecular flexibility index (Phi) is 3.40. The van der Waals surface area contributed by atoms with Crippen LogP contribution in [0.15, 0.2) is 38.8 Å². The number of hydrogen-bond donors (Lipinski definition) is 1. The van der Waals surface area contributed by atoms with Gasteiger partial charge in [0, 0.05) is 24.7 Å². The van der Waals surface area contributed by atoms with Crippen molar-refractivity contribution in [3.05, 3.63) is 62.4 Å². The van der Waals surface area contributed by atoms with E-state index in [4.69, 9.17) is 4.52 Å². The molecule has 1 aliphatic carbocycles. The van der Waals surface area contributed by atoms with Crippen LogP contribution in [0.3, 0.4) is 0 Å². The molecule has 0 amide bonds. The molecule has 2 heterocycles. The van der Waals surface area contributed by atoms with E-state index in [9.17, 15) is 27.2 Å². The monoisotopic (exact) mass is 368 g/mol. The minimum Gasteiger partial charge on any atom is -0.342 e. The van der Waals surface area contributed by atoms with Crippen molar-refractivity contribution in [2.45, 2.75) is 24.9 Å². The number of halogens is 4. The van der Waals surface area contributed by atoms with E-state index in [1.54, 1.807) is 0 Å². The standard InChI is InChI=1S/C17H12F4N2O3/c1-23-15-14(16(25)26-23)12(13-10(22-15)4-5-11(13)24)7-2-3-9(18)8(6-7)17(19,20)21/h2-3,6,12,22H,4-5H2,1H3. The minimum absolute atomic E-state index is 0.0164. The second kappa shape index (κ2) is 5.33. The van der Waals surface area contributed by atoms with E-state index in [-0.39, 0.29) is 34.7 Å². The summed E-state index contributed by atoms with van der Waals surface area (Å²) in [7, 11) is 1.47. The van der Waals surface area contributed by atoms with Crippen LogP contribution in [0.25, 0.3) is 0 Å². The fraction of sp³-hybridized carbons (Fsp3) is 0.294. The lowest BCUT2D eigenvalue weighted by molar-refractivity contribution is -0.140. The molecule has 0 saturated heterocycles. The van der Waals surface area contributed by atoms with Crippen molar-refractivity contribution < 1.29 is 26.9 Å². The first-order chi connectivity index (χ1) is 12.2. The normalized spacial score (nSPS) is 19.4. The van der Waals surface area contributed by atoms with E-state index in [1.807, 2.05) is 0 Å². The summed E-state index contributed by atoms with van der Waals surface area (Å²) in [4.78, 5) is 24.6. The van der Waals surface area contributed by atoms with Crippen LogP contribution in [0.5, 0.6) is 0 Å². The smallest absolute Gasteiger partial charge is 0.342 e. The number of ketones is 1. The molecular weight excluding hydrogens is 356 g/mol. The number of fused-ring (bicyclic) bond motifs is 1. The number of rotatable bonds is 1. The Hall–Kier alpha value is -2.84. The van der Waals surface area contributed by atoms with Gasteiger partial charge in [-0.1, -0.05) is 6.07 Å². The molecule has 1 aliphatic heterocycles. The third-order valence-electron chi connectivity index (χ3n) is 4.71. The van der Waals surface area contributed by atoms with Crippen molar-refractivity contribution in [3.63, 3.8) is 0 Å². The molecule has 26 heavy (non-hydrogen) atoms. The van der Waals surface area contributed by atoms with Gasteiger partial charge in [-0.25, -0.2) is 9.18 Å². The molecule has 0 spiro atoms. The van der Waals surface area contributed by atoms with Crippen LogP contribution in [0, 0.1) is 5.82 Å². The predicted octanol–water partition coefficient (Wildman–Crippen LogP) is 3.31. The number of alkyl halides is 3. The molecule has 4 rings (SSSR count). The van der Waals surface area contributed by atoms with Crippen molar-refractivity contribution in [2.75, 3.05) is 5.32 Å². The summed E-state index contributed by atoms with van der Waals surface area (Å²) < 4.78 is 59.2. The Balaban J connectivity index is 1.98. The first-order valence-electron chi connectivity index (χ1n) is 7.78. The highest BCUT2D eigenvalue weighted by atomic mass is 19.4. The van der Waals surface area contributed by atoms with Gasteiger partial charge in [-0.3, -0.25) is 4.79 Å². The molecular formula is C17H12F4N2O3. The number of anilines is 1. The fourth-order valence-electron chi connectivity index (χ4n) is 3.59. The molecule has 0 fully saturated rings. The number of hydrogen-bond acceptors (Lipinski definition) is 4. The van der Waals surface area contributed by atoms with Crippen LogP contribution >= 0.6 is 0 Å². The molecule has 0 saturated carbocycles. The average molecular weight is 368 g/mol. The van der Waals surface area contributed by atoms with E-state index in [2.05, 4.69) is 5.32 Å². The molecule has 2 aliphatic rings. The Morgan fingerprint density at radius 2 is 1.96 bits per heavy atom. The molecule has 9 heteroatoms. The summed E-state index contributed by atoms with van der Waals surface area (Å²) in [6, 6.07) is 2.51. The van der Waals surface area contributed by atoms with Gasteiger partial charge in [-0.05, 0) is 24.1 Å². The van der Waals surface area contributed by atoms with Gasteiger partial charge < -0.3 is 9.84 Å². The third-order valence-corrected chi connectivity index (χ3v) is 4.71. The third kappa shape index (κ3) is 2.30. The van der Waals surface area contributed by atoms with Gasteiger partial charge in [-0.2, -0.15) is 17.9 Å². The molecule has 136 valence electrons. The molecule has 1 N–H and O–H groups in total. The zero-order chi connectivity index (χ0) is 18.8. The van der Waals surface area contributed by atoms with Gasteiger partial charge in [0.2, 0.25) is 0 Å². The summed E-state index contributed by atoms with van der Waals surface area (Å²) in [6.45, 7) is 0. The molecule has 1 aromatic carbocycles. The van der Waals surface area contributed by atoms with E-state index in [0.29, 0.717) is 24.3 Å². The number of allylic oxidation sites excluding steroid dienone is 2. The fourth-order valence-corrected chi connectivity index (χ4v) is 3.59. The maximum absolute atomic E-state index is 13.7. The number of aryl methyl sites for hydroxylation is 1. The number of aromatic nitrogens is 1. The van der Waals surface area contributed by atoms with Crippen LogP contribution in [0.1, 0.15) is 35.4 Å². The summed E-state index contributed by atoms with van der Waals surface area (Å²) >= 11 is 0. The summed E-state index contributed by atoms with van der Waals surface area (Å²) in [5.74, 6) is -2.42. The molecule has 1 aromatic heterocycles. The number of nitrogens with one attached hydrogen (secondary N) is 1. The lowest BCUT2D eigenvalue weighted by Gasteiger charge is -2.25. The zero-order valence-corrected chi connectivity index (χ0v) is 13.4. The molecule has 0 radical (unpaired) electrons. The minimum atomic E-state index is -4.89. The van der Waals surface area contributed by atoms with Gasteiger partial charge in [0.05, 0.1) is 17.0 Å². The van der Waals surface area contributed by atoms with Crippen LogP contribution in [0.4, 0.5) is 23.4 Å². The predicted molar refractivity (Wildman–Crippen MR) is 82.1 cm³/mol. The van der Waals surface area contributed by atoms with Crippen molar-refractivity contribution in [1.29, 1.82) is 0 Å². The first-order valence-corrected chi connectivity index (χ1v) is 7.78. The van der Waals surface area contributed by atoms with E-state index in [1.165, 1.54) is 11.8 Å². The lowest BCUT2D eigenvalue weighted by Crippen LogP contribution is -2.23. The molecule has 5 nitrogen and oxygen atoms in total. The largest absolute Gasteiger partial charge is 0.419 e. The topological polar surface area (TPSA) is 64.2 Å². The number of carbonyl (C=O) groups excluding carboxylic acids is 1. The van der Waals surface area contributed by atoms with Gasteiger partial charge in [0.1, 0.15) is 5.82 Å². The Labute approximate surface area is 143 Å². The summed E-state index contributed by atoms with van der Waals surface area (Å²) in [5, 5.41) is 2.97. The van der Waals surface area contributed by atoms with Crippen molar-refractivity contribution in [2.24, 2.45) is 7.05 Å². The lowest BCUT2D eigenvalue weighted by atomic mass is 9.82. The first kappa shape index (κ1) is 16.6. The highest BCUT2D eigenvalue weighted by Gasteiger charge is 2.42. The van der Waals surface area contributed by atoms with Gasteiger partial charge in [0.15, 0.2) is 11.6 Å². The maximum atomic E-state index is 13.7. The summed E-state index contributed by atoms with van der Waals surface area (Å²) in [5.41, 5.74) is -1.37. The van der Waals surface area contributed by atoms with Crippen LogP contribution < -0.4 is 10.9 Å². The molecule has 0 bridgehead atoms. The van der Waals surface area contributed by atoms with E-state index < -0.39 is 29.1 Å². The van der Waals surface area contributed by atoms with Crippen LogP contribution in [-0.4, -0.2) is 10.5 Å². The van der Waals surface area contributed by atoms with Crippen LogP contribution in [0.2, 0.25) is 0 Å². The summed E-state index contributed by atoms with van der Waals surface area (Å²) in [6.07, 6.45) is -4.31. The van der Waals surface area contributed by atoms with Gasteiger partial charge in [0.25, 0.3) is 0 Å². The Morgan fingerprint density at radius 1 is 1.23 bits per heavy atom. The number of nitrogens with zero attached hydrogens (tertiary/aromatic N) is 1. The number of benzene rings is 1. The molecule has 1 atom stereocenters. The highest BCUT2D eigenvalue weighted by Crippen LogP contribution is 2.46. The second-order valence-electron chi connectivity index (χ2n) is 6.25. The van der Waals surface area contributed by atoms with E-state index >= 15 is 0 Å². The number of carbonyl (C=O) groups is 1. The average Bonchev–Trinajstić information content (AvgIpc) is 3.06. The number of Topliss-reactive ketones (excluding diaryl/α,β-unsaturated/α-hetero) is 1. The highest BCUT2D eigenvalue weighted by molar-refractivity contribution is 6.02. The quantitative estimate of drug-likeness (QED) is 0.785. The van der Waals surface area contributed by atoms with Gasteiger partial charge in [-0.15, -0.1) is 0 Å². The van der Waals surface area contributed by atoms with Crippen molar-refractivity contribution in [3.8, 4) is 0 Å². The second-order valence-corrected chi connectivity index (χ2v) is 6.25. The van der Waals surface area contributed by atoms with Crippen molar-refractivity contribution in [1.82, 2.24) is 4.74 Å². The molecule has 1 unspecified atom stereocenters. The Morgan fingerprint density at radius 3 is 2.65 bits per heavy atom. The SMILES string of the molecule is Cn1oc(=O)c2c1NC1=C(C(=O)CC1)C2c1ccc(F)c(C(F)(F)F)c1. The van der Waals surface area contributed by atoms with Crippen molar-refractivity contribution >= 4 is 11.6 Å². The van der Waals surface area contributed by atoms with Crippen LogP contribution in [-0.2, 0) is 18.0 Å². The Bertz CT molecular complexity index is 1030. The molecule has 2 aromatic rings. The zero-order valence-electron chi connectivity index (χ0n) is 13.4. The van der Waals surface area contributed by atoms with E-state index in [0.717, 1.165) is 6.07 Å².